The number of amides is 1. The van der Waals surface area contributed by atoms with Gasteiger partial charge in [0.25, 0.3) is 15.9 Å². The molecule has 0 saturated carbocycles. The first kappa shape index (κ1) is 19.1. The maximum atomic E-state index is 13.7. The number of para-hydroxylation sites is 1. The van der Waals surface area contributed by atoms with Gasteiger partial charge < -0.3 is 5.32 Å². The SMILES string of the molecule is Cc1ccsc1CNC(=O)c1ccc(S(=O)(=O)Nc2ccccc2F)cc1. The number of rotatable bonds is 6. The standard InChI is InChI=1S/C19H17FN2O3S2/c1-13-10-11-26-18(13)12-21-19(23)14-6-8-15(9-7-14)27(24,25)22-17-5-3-2-4-16(17)20/h2-11,22H,12H2,1H3,(H,21,23). The topological polar surface area (TPSA) is 75.3 Å². The van der Waals surface area contributed by atoms with E-state index in [4.69, 9.17) is 0 Å². The molecule has 0 fully saturated rings. The second-order valence-electron chi connectivity index (χ2n) is 5.82. The summed E-state index contributed by atoms with van der Waals surface area (Å²) in [4.78, 5) is 13.2. The summed E-state index contributed by atoms with van der Waals surface area (Å²) >= 11 is 1.56. The molecule has 8 heteroatoms. The lowest BCUT2D eigenvalue weighted by Gasteiger charge is -2.10. The summed E-state index contributed by atoms with van der Waals surface area (Å²) in [5.41, 5.74) is 1.32. The van der Waals surface area contributed by atoms with E-state index in [0.29, 0.717) is 12.1 Å². The Labute approximate surface area is 160 Å². The van der Waals surface area contributed by atoms with Crippen LogP contribution in [-0.2, 0) is 16.6 Å². The lowest BCUT2D eigenvalue weighted by molar-refractivity contribution is 0.0951. The van der Waals surface area contributed by atoms with Crippen molar-refractivity contribution in [2.24, 2.45) is 0 Å². The molecule has 140 valence electrons. The van der Waals surface area contributed by atoms with E-state index in [9.17, 15) is 17.6 Å². The van der Waals surface area contributed by atoms with Crippen molar-refractivity contribution < 1.29 is 17.6 Å². The van der Waals surface area contributed by atoms with E-state index < -0.39 is 15.8 Å². The number of aryl methyl sites for hydroxylation is 1. The average Bonchev–Trinajstić information content (AvgIpc) is 3.06. The molecule has 0 aliphatic carbocycles. The van der Waals surface area contributed by atoms with Gasteiger partial charge in [0.1, 0.15) is 5.82 Å². The van der Waals surface area contributed by atoms with E-state index in [-0.39, 0.29) is 16.5 Å². The highest BCUT2D eigenvalue weighted by molar-refractivity contribution is 7.92. The molecule has 2 aromatic carbocycles. The molecule has 0 aliphatic heterocycles. The molecule has 0 bridgehead atoms. The Morgan fingerprint density at radius 2 is 1.78 bits per heavy atom. The summed E-state index contributed by atoms with van der Waals surface area (Å²) in [7, 11) is -3.95. The molecule has 3 aromatic rings. The minimum Gasteiger partial charge on any atom is -0.347 e. The number of anilines is 1. The van der Waals surface area contributed by atoms with Gasteiger partial charge in [0, 0.05) is 10.4 Å². The second kappa shape index (κ2) is 7.89. The zero-order chi connectivity index (χ0) is 19.4. The van der Waals surface area contributed by atoms with Gasteiger partial charge in [-0.15, -0.1) is 11.3 Å². The Hall–Kier alpha value is -2.71. The first-order valence-corrected chi connectivity index (χ1v) is 10.4. The average molecular weight is 404 g/mol. The number of nitrogens with one attached hydrogen (secondary N) is 2. The van der Waals surface area contributed by atoms with Crippen molar-refractivity contribution in [2.45, 2.75) is 18.4 Å². The van der Waals surface area contributed by atoms with Crippen LogP contribution in [0.4, 0.5) is 10.1 Å². The van der Waals surface area contributed by atoms with E-state index in [1.54, 1.807) is 11.3 Å². The third-order valence-corrected chi connectivity index (χ3v) is 6.33. The fourth-order valence-corrected chi connectivity index (χ4v) is 4.29. The first-order chi connectivity index (χ1) is 12.9. The fourth-order valence-electron chi connectivity index (χ4n) is 2.38. The Morgan fingerprint density at radius 3 is 2.41 bits per heavy atom. The summed E-state index contributed by atoms with van der Waals surface area (Å²) in [6.07, 6.45) is 0. The largest absolute Gasteiger partial charge is 0.347 e. The third kappa shape index (κ3) is 4.53. The van der Waals surface area contributed by atoms with Crippen LogP contribution in [0.1, 0.15) is 20.8 Å². The van der Waals surface area contributed by atoms with E-state index in [2.05, 4.69) is 10.0 Å². The molecule has 5 nitrogen and oxygen atoms in total. The highest BCUT2D eigenvalue weighted by Crippen LogP contribution is 2.19. The van der Waals surface area contributed by atoms with Gasteiger partial charge >= 0.3 is 0 Å². The number of benzene rings is 2. The van der Waals surface area contributed by atoms with Gasteiger partial charge in [-0.2, -0.15) is 0 Å². The number of sulfonamides is 1. The molecular weight excluding hydrogens is 387 g/mol. The Kier molecular flexibility index (Phi) is 5.57. The summed E-state index contributed by atoms with van der Waals surface area (Å²) in [5.74, 6) is -0.963. The minimum absolute atomic E-state index is 0.0589. The van der Waals surface area contributed by atoms with Crippen molar-refractivity contribution in [2.75, 3.05) is 4.72 Å². The fraction of sp³-hybridized carbons (Fsp3) is 0.105. The Balaban J connectivity index is 1.69. The Morgan fingerprint density at radius 1 is 1.07 bits per heavy atom. The zero-order valence-electron chi connectivity index (χ0n) is 14.4. The van der Waals surface area contributed by atoms with Crippen LogP contribution in [0.2, 0.25) is 0 Å². The number of carbonyl (C=O) groups is 1. The molecular formula is C19H17FN2O3S2. The summed E-state index contributed by atoms with van der Waals surface area (Å²) in [6, 6.07) is 13.0. The molecule has 1 heterocycles. The van der Waals surface area contributed by atoms with Crippen LogP contribution in [0.5, 0.6) is 0 Å². The number of hydrogen-bond donors (Lipinski definition) is 2. The molecule has 0 atom stereocenters. The molecule has 1 aromatic heterocycles. The van der Waals surface area contributed by atoms with Crippen molar-refractivity contribution in [1.82, 2.24) is 5.32 Å². The first-order valence-electron chi connectivity index (χ1n) is 8.05. The highest BCUT2D eigenvalue weighted by atomic mass is 32.2. The van der Waals surface area contributed by atoms with Crippen molar-refractivity contribution >= 4 is 33.0 Å². The predicted octanol–water partition coefficient (Wildman–Crippen LogP) is 3.93. The van der Waals surface area contributed by atoms with Gasteiger partial charge in [0.2, 0.25) is 0 Å². The van der Waals surface area contributed by atoms with E-state index in [1.165, 1.54) is 48.5 Å². The number of halogens is 1. The van der Waals surface area contributed by atoms with Crippen molar-refractivity contribution in [1.29, 1.82) is 0 Å². The number of carbonyl (C=O) groups excluding carboxylic acids is 1. The van der Waals surface area contributed by atoms with Crippen LogP contribution in [0.15, 0.2) is 64.9 Å². The minimum atomic E-state index is -3.95. The Bertz CT molecular complexity index is 1060. The summed E-state index contributed by atoms with van der Waals surface area (Å²) in [6.45, 7) is 2.39. The van der Waals surface area contributed by atoms with Crippen molar-refractivity contribution in [3.05, 3.63) is 81.8 Å². The van der Waals surface area contributed by atoms with Crippen molar-refractivity contribution in [3.8, 4) is 0 Å². The molecule has 0 radical (unpaired) electrons. The maximum absolute atomic E-state index is 13.7. The third-order valence-electron chi connectivity index (χ3n) is 3.92. The quantitative estimate of drug-likeness (QED) is 0.654. The zero-order valence-corrected chi connectivity index (χ0v) is 16.0. The molecule has 0 unspecified atom stereocenters. The molecule has 3 rings (SSSR count). The van der Waals surface area contributed by atoms with Crippen LogP contribution < -0.4 is 10.0 Å². The van der Waals surface area contributed by atoms with Crippen LogP contribution >= 0.6 is 11.3 Å². The molecule has 2 N–H and O–H groups in total. The van der Waals surface area contributed by atoms with Crippen LogP contribution in [0.3, 0.4) is 0 Å². The van der Waals surface area contributed by atoms with Gasteiger partial charge in [-0.05, 0) is 60.3 Å². The number of hydrogen-bond acceptors (Lipinski definition) is 4. The molecule has 0 aliphatic rings. The maximum Gasteiger partial charge on any atom is 0.261 e. The number of thiophene rings is 1. The second-order valence-corrected chi connectivity index (χ2v) is 8.50. The summed E-state index contributed by atoms with van der Waals surface area (Å²) in [5, 5.41) is 4.76. The van der Waals surface area contributed by atoms with E-state index >= 15 is 0 Å². The van der Waals surface area contributed by atoms with E-state index in [1.807, 2.05) is 18.4 Å². The molecule has 1 amide bonds. The smallest absolute Gasteiger partial charge is 0.261 e. The van der Waals surface area contributed by atoms with Gasteiger partial charge in [0.05, 0.1) is 17.1 Å². The van der Waals surface area contributed by atoms with Crippen LogP contribution in [0.25, 0.3) is 0 Å². The van der Waals surface area contributed by atoms with Crippen LogP contribution in [0, 0.1) is 12.7 Å². The lowest BCUT2D eigenvalue weighted by atomic mass is 10.2. The predicted molar refractivity (Wildman–Crippen MR) is 104 cm³/mol. The van der Waals surface area contributed by atoms with Crippen LogP contribution in [-0.4, -0.2) is 14.3 Å². The molecule has 0 spiro atoms. The van der Waals surface area contributed by atoms with Gasteiger partial charge in [-0.3, -0.25) is 9.52 Å². The van der Waals surface area contributed by atoms with Gasteiger partial charge in [-0.25, -0.2) is 12.8 Å². The highest BCUT2D eigenvalue weighted by Gasteiger charge is 2.17. The molecule has 27 heavy (non-hydrogen) atoms. The van der Waals surface area contributed by atoms with Crippen molar-refractivity contribution in [3.63, 3.8) is 0 Å². The monoisotopic (exact) mass is 404 g/mol. The van der Waals surface area contributed by atoms with E-state index in [0.717, 1.165) is 10.4 Å². The molecule has 0 saturated heterocycles. The normalized spacial score (nSPS) is 11.2. The van der Waals surface area contributed by atoms with Gasteiger partial charge in [0.15, 0.2) is 0 Å². The van der Waals surface area contributed by atoms with Gasteiger partial charge in [-0.1, -0.05) is 12.1 Å². The summed E-state index contributed by atoms with van der Waals surface area (Å²) < 4.78 is 40.6. The lowest BCUT2D eigenvalue weighted by Crippen LogP contribution is -2.22.